The van der Waals surface area contributed by atoms with E-state index in [0.29, 0.717) is 24.3 Å². The monoisotopic (exact) mass is 169 g/mol. The SMILES string of the molecule is C/C(CC1CCCCC1=O)=N\O. The van der Waals surface area contributed by atoms with E-state index < -0.39 is 0 Å². The molecule has 0 aliphatic heterocycles. The van der Waals surface area contributed by atoms with Crippen molar-refractivity contribution in [2.75, 3.05) is 0 Å². The molecule has 0 heterocycles. The lowest BCUT2D eigenvalue weighted by Crippen LogP contribution is -2.21. The Morgan fingerprint density at radius 3 is 3.00 bits per heavy atom. The van der Waals surface area contributed by atoms with Gasteiger partial charge in [-0.15, -0.1) is 0 Å². The lowest BCUT2D eigenvalue weighted by atomic mass is 9.85. The Morgan fingerprint density at radius 2 is 2.42 bits per heavy atom. The van der Waals surface area contributed by atoms with Crippen LogP contribution in [0.3, 0.4) is 0 Å². The van der Waals surface area contributed by atoms with Crippen molar-refractivity contribution >= 4 is 11.5 Å². The van der Waals surface area contributed by atoms with E-state index in [1.54, 1.807) is 6.92 Å². The molecule has 1 rings (SSSR count). The summed E-state index contributed by atoms with van der Waals surface area (Å²) >= 11 is 0. The lowest BCUT2D eigenvalue weighted by molar-refractivity contribution is -0.124. The van der Waals surface area contributed by atoms with Gasteiger partial charge in [-0.05, 0) is 26.2 Å². The van der Waals surface area contributed by atoms with Crippen LogP contribution in [-0.4, -0.2) is 16.7 Å². The van der Waals surface area contributed by atoms with Crippen molar-refractivity contribution in [1.82, 2.24) is 0 Å². The molecule has 3 heteroatoms. The van der Waals surface area contributed by atoms with E-state index in [2.05, 4.69) is 5.16 Å². The fourth-order valence-corrected chi connectivity index (χ4v) is 1.67. The molecular formula is C9H15NO2. The second-order valence-corrected chi connectivity index (χ2v) is 3.45. The number of nitrogens with zero attached hydrogens (tertiary/aromatic N) is 1. The molecule has 3 nitrogen and oxygen atoms in total. The van der Waals surface area contributed by atoms with Gasteiger partial charge in [-0.3, -0.25) is 4.79 Å². The molecule has 0 aromatic rings. The molecule has 0 aromatic carbocycles. The average molecular weight is 169 g/mol. The molecule has 0 amide bonds. The number of hydrogen-bond acceptors (Lipinski definition) is 3. The number of rotatable bonds is 2. The molecule has 0 saturated heterocycles. The molecule has 12 heavy (non-hydrogen) atoms. The first-order valence-corrected chi connectivity index (χ1v) is 4.44. The maximum atomic E-state index is 11.3. The van der Waals surface area contributed by atoms with Gasteiger partial charge in [0.05, 0.1) is 5.71 Å². The topological polar surface area (TPSA) is 49.7 Å². The van der Waals surface area contributed by atoms with Crippen LogP contribution in [0.15, 0.2) is 5.16 Å². The molecule has 1 unspecified atom stereocenters. The summed E-state index contributed by atoms with van der Waals surface area (Å²) in [6.07, 6.45) is 4.48. The van der Waals surface area contributed by atoms with E-state index in [-0.39, 0.29) is 5.92 Å². The largest absolute Gasteiger partial charge is 0.411 e. The second-order valence-electron chi connectivity index (χ2n) is 3.45. The first-order chi connectivity index (χ1) is 5.74. The minimum atomic E-state index is 0.120. The molecule has 0 spiro atoms. The summed E-state index contributed by atoms with van der Waals surface area (Å²) in [6.45, 7) is 1.75. The van der Waals surface area contributed by atoms with E-state index in [0.717, 1.165) is 19.3 Å². The van der Waals surface area contributed by atoms with Gasteiger partial charge >= 0.3 is 0 Å². The van der Waals surface area contributed by atoms with Crippen LogP contribution in [0.2, 0.25) is 0 Å². The van der Waals surface area contributed by atoms with E-state index in [1.165, 1.54) is 0 Å². The maximum absolute atomic E-state index is 11.3. The van der Waals surface area contributed by atoms with Crippen molar-refractivity contribution in [3.8, 4) is 0 Å². The molecule has 1 aliphatic rings. The van der Waals surface area contributed by atoms with Gasteiger partial charge in [-0.1, -0.05) is 11.6 Å². The van der Waals surface area contributed by atoms with Crippen molar-refractivity contribution in [2.45, 2.75) is 39.0 Å². The molecule has 0 aromatic heterocycles. The standard InChI is InChI=1S/C9H15NO2/c1-7(10-12)6-8-4-2-3-5-9(8)11/h8,12H,2-6H2,1H3/b10-7+. The van der Waals surface area contributed by atoms with E-state index in [4.69, 9.17) is 5.21 Å². The lowest BCUT2D eigenvalue weighted by Gasteiger charge is -2.19. The number of Topliss-reactive ketones (excluding diaryl/α,β-unsaturated/α-hetero) is 1. The molecule has 1 atom stereocenters. The van der Waals surface area contributed by atoms with E-state index in [1.807, 2.05) is 0 Å². The molecular weight excluding hydrogens is 154 g/mol. The van der Waals surface area contributed by atoms with E-state index >= 15 is 0 Å². The van der Waals surface area contributed by atoms with Crippen LogP contribution in [0.4, 0.5) is 0 Å². The Kier molecular flexibility index (Phi) is 3.26. The van der Waals surface area contributed by atoms with Gasteiger partial charge < -0.3 is 5.21 Å². The van der Waals surface area contributed by atoms with Crippen LogP contribution in [0.5, 0.6) is 0 Å². The first-order valence-electron chi connectivity index (χ1n) is 4.44. The summed E-state index contributed by atoms with van der Waals surface area (Å²) in [5.74, 6) is 0.457. The van der Waals surface area contributed by atoms with Gasteiger partial charge in [0, 0.05) is 12.3 Å². The van der Waals surface area contributed by atoms with Crippen LogP contribution in [0.25, 0.3) is 0 Å². The first kappa shape index (κ1) is 9.23. The van der Waals surface area contributed by atoms with Gasteiger partial charge in [-0.2, -0.15) is 0 Å². The molecule has 0 bridgehead atoms. The highest BCUT2D eigenvalue weighted by molar-refractivity contribution is 5.89. The summed E-state index contributed by atoms with van der Waals surface area (Å²) in [4.78, 5) is 11.3. The van der Waals surface area contributed by atoms with Crippen molar-refractivity contribution in [3.05, 3.63) is 0 Å². The quantitative estimate of drug-likeness (QED) is 0.390. The smallest absolute Gasteiger partial charge is 0.136 e. The highest BCUT2D eigenvalue weighted by Gasteiger charge is 2.22. The highest BCUT2D eigenvalue weighted by Crippen LogP contribution is 2.23. The van der Waals surface area contributed by atoms with Gasteiger partial charge in [-0.25, -0.2) is 0 Å². The fourth-order valence-electron chi connectivity index (χ4n) is 1.67. The normalized spacial score (nSPS) is 25.9. The van der Waals surface area contributed by atoms with Crippen molar-refractivity contribution < 1.29 is 10.0 Å². The maximum Gasteiger partial charge on any atom is 0.136 e. The Labute approximate surface area is 72.5 Å². The van der Waals surface area contributed by atoms with E-state index in [9.17, 15) is 4.79 Å². The third-order valence-electron chi connectivity index (χ3n) is 2.39. The second kappa shape index (κ2) is 4.24. The number of carbonyl (C=O) groups excluding carboxylic acids is 1. The summed E-state index contributed by atoms with van der Waals surface area (Å²) < 4.78 is 0. The van der Waals surface area contributed by atoms with Crippen LogP contribution in [0, 0.1) is 5.92 Å². The van der Waals surface area contributed by atoms with Crippen LogP contribution < -0.4 is 0 Å². The predicted octanol–water partition coefficient (Wildman–Crippen LogP) is 1.99. The van der Waals surface area contributed by atoms with Crippen LogP contribution in [-0.2, 0) is 4.79 Å². The third-order valence-corrected chi connectivity index (χ3v) is 2.39. The Bertz CT molecular complexity index is 199. The third kappa shape index (κ3) is 2.32. The molecule has 68 valence electrons. The zero-order chi connectivity index (χ0) is 8.97. The summed E-state index contributed by atoms with van der Waals surface area (Å²) in [7, 11) is 0. The Balaban J connectivity index is 2.44. The molecule has 1 saturated carbocycles. The number of carbonyl (C=O) groups is 1. The zero-order valence-corrected chi connectivity index (χ0v) is 7.42. The molecule has 1 fully saturated rings. The van der Waals surface area contributed by atoms with Crippen molar-refractivity contribution in [2.24, 2.45) is 11.1 Å². The Hall–Kier alpha value is -0.860. The molecule has 1 N–H and O–H groups in total. The van der Waals surface area contributed by atoms with Gasteiger partial charge in [0.1, 0.15) is 5.78 Å². The van der Waals surface area contributed by atoms with Gasteiger partial charge in [0.25, 0.3) is 0 Å². The summed E-state index contributed by atoms with van der Waals surface area (Å²) in [6, 6.07) is 0. The fraction of sp³-hybridized carbons (Fsp3) is 0.778. The zero-order valence-electron chi connectivity index (χ0n) is 7.42. The number of hydrogen-bond donors (Lipinski definition) is 1. The number of ketones is 1. The van der Waals surface area contributed by atoms with Crippen LogP contribution in [0.1, 0.15) is 39.0 Å². The summed E-state index contributed by atoms with van der Waals surface area (Å²) in [5.41, 5.74) is 0.662. The van der Waals surface area contributed by atoms with Crippen molar-refractivity contribution in [1.29, 1.82) is 0 Å². The molecule has 1 aliphatic carbocycles. The average Bonchev–Trinajstić information content (AvgIpc) is 2.09. The minimum absolute atomic E-state index is 0.120. The number of oxime groups is 1. The Morgan fingerprint density at radius 1 is 1.67 bits per heavy atom. The summed E-state index contributed by atoms with van der Waals surface area (Å²) in [5, 5.41) is 11.5. The van der Waals surface area contributed by atoms with Crippen LogP contribution >= 0.6 is 0 Å². The molecule has 0 radical (unpaired) electrons. The van der Waals surface area contributed by atoms with Crippen molar-refractivity contribution in [3.63, 3.8) is 0 Å². The predicted molar refractivity (Wildman–Crippen MR) is 46.5 cm³/mol. The van der Waals surface area contributed by atoms with Gasteiger partial charge in [0.15, 0.2) is 0 Å². The highest BCUT2D eigenvalue weighted by atomic mass is 16.4. The van der Waals surface area contributed by atoms with Gasteiger partial charge in [0.2, 0.25) is 0 Å². The minimum Gasteiger partial charge on any atom is -0.411 e.